The predicted molar refractivity (Wildman–Crippen MR) is 112 cm³/mol. The van der Waals surface area contributed by atoms with E-state index in [1.165, 1.54) is 21.9 Å². The predicted octanol–water partition coefficient (Wildman–Crippen LogP) is 5.39. The number of aryl methyl sites for hydroxylation is 2. The summed E-state index contributed by atoms with van der Waals surface area (Å²) in [5, 5.41) is 2.47. The fourth-order valence-electron chi connectivity index (χ4n) is 3.32. The van der Waals surface area contributed by atoms with E-state index in [1.54, 1.807) is 7.11 Å². The number of hydrogen-bond donors (Lipinski definition) is 1. The van der Waals surface area contributed by atoms with Gasteiger partial charge in [-0.15, -0.1) is 0 Å². The van der Waals surface area contributed by atoms with E-state index in [0.717, 1.165) is 43.5 Å². The van der Waals surface area contributed by atoms with Crippen LogP contribution in [-0.2, 0) is 12.8 Å². The highest BCUT2D eigenvalue weighted by Crippen LogP contribution is 2.29. The molecule has 0 aliphatic rings. The number of benzene rings is 3. The number of nitrogens with two attached hydrogens (primary N) is 1. The largest absolute Gasteiger partial charge is 0.496 e. The third-order valence-electron chi connectivity index (χ3n) is 4.70. The molecule has 0 radical (unpaired) electrons. The molecule has 0 bridgehead atoms. The Kier molecular flexibility index (Phi) is 6.45. The van der Waals surface area contributed by atoms with E-state index < -0.39 is 0 Å². The molecule has 0 aromatic heterocycles. The second-order valence-electron chi connectivity index (χ2n) is 6.56. The topological polar surface area (TPSA) is 35.2 Å². The van der Waals surface area contributed by atoms with Gasteiger partial charge in [0.15, 0.2) is 0 Å². The molecule has 3 aromatic carbocycles. The molecule has 0 saturated heterocycles. The van der Waals surface area contributed by atoms with Crippen LogP contribution in [0.5, 0.6) is 5.75 Å². The van der Waals surface area contributed by atoms with E-state index >= 15 is 0 Å². The molecule has 0 fully saturated rings. The van der Waals surface area contributed by atoms with Crippen LogP contribution < -0.4 is 10.5 Å². The van der Waals surface area contributed by atoms with Crippen molar-refractivity contribution in [3.05, 3.63) is 83.4 Å². The maximum Gasteiger partial charge on any atom is 0.126 e. The van der Waals surface area contributed by atoms with Gasteiger partial charge >= 0.3 is 0 Å². The number of allylic oxidation sites excluding steroid dienone is 1. The Morgan fingerprint density at radius 3 is 2.54 bits per heavy atom. The quantitative estimate of drug-likeness (QED) is 0.594. The maximum absolute atomic E-state index is 5.61. The highest BCUT2D eigenvalue weighted by molar-refractivity contribution is 5.93. The molecule has 2 N–H and O–H groups in total. The Bertz CT molecular complexity index is 882. The molecule has 2 nitrogen and oxygen atoms in total. The van der Waals surface area contributed by atoms with Gasteiger partial charge in [0.25, 0.3) is 0 Å². The summed E-state index contributed by atoms with van der Waals surface area (Å²) in [4.78, 5) is 0. The van der Waals surface area contributed by atoms with Gasteiger partial charge in [-0.25, -0.2) is 0 Å². The first kappa shape index (κ1) is 18.2. The number of methoxy groups -OCH3 is 1. The first-order valence-electron chi connectivity index (χ1n) is 9.32. The summed E-state index contributed by atoms with van der Waals surface area (Å²) in [7, 11) is 1.73. The lowest BCUT2D eigenvalue weighted by Gasteiger charge is -2.09. The van der Waals surface area contributed by atoms with Crippen molar-refractivity contribution in [1.82, 2.24) is 0 Å². The minimum atomic E-state index is 0.750. The standard InChI is InChI=1S/C24H27NO/c1-26-24-16-15-21-12-3-5-13-22(21)23(24)14-4-2-8-19-9-6-10-20(18-19)11-7-17-25/h3-6,9-10,12-16,18H,2,7-8,11,17,25H2,1H3/b14-4+. The third kappa shape index (κ3) is 4.53. The molecule has 26 heavy (non-hydrogen) atoms. The summed E-state index contributed by atoms with van der Waals surface area (Å²) < 4.78 is 5.56. The van der Waals surface area contributed by atoms with Gasteiger partial charge in [0.1, 0.15) is 5.75 Å². The molecule has 0 aliphatic heterocycles. The zero-order valence-electron chi connectivity index (χ0n) is 15.4. The van der Waals surface area contributed by atoms with Crippen LogP contribution in [0, 0.1) is 0 Å². The van der Waals surface area contributed by atoms with E-state index in [0.29, 0.717) is 0 Å². The summed E-state index contributed by atoms with van der Waals surface area (Å²) >= 11 is 0. The smallest absolute Gasteiger partial charge is 0.126 e. The van der Waals surface area contributed by atoms with E-state index in [4.69, 9.17) is 10.5 Å². The molecule has 0 heterocycles. The van der Waals surface area contributed by atoms with Crippen LogP contribution in [0.2, 0.25) is 0 Å². The van der Waals surface area contributed by atoms with Gasteiger partial charge in [0.2, 0.25) is 0 Å². The summed E-state index contributed by atoms with van der Waals surface area (Å²) in [6.45, 7) is 0.750. The van der Waals surface area contributed by atoms with Crippen LogP contribution in [0.4, 0.5) is 0 Å². The summed E-state index contributed by atoms with van der Waals surface area (Å²) in [5.74, 6) is 0.920. The lowest BCUT2D eigenvalue weighted by Crippen LogP contribution is -2.00. The monoisotopic (exact) mass is 345 g/mol. The van der Waals surface area contributed by atoms with Crippen LogP contribution in [0.1, 0.15) is 29.5 Å². The molecule has 3 aromatic rings. The minimum Gasteiger partial charge on any atom is -0.496 e. The molecule has 0 unspecified atom stereocenters. The molecule has 0 atom stereocenters. The molecule has 3 rings (SSSR count). The minimum absolute atomic E-state index is 0.750. The summed E-state index contributed by atoms with van der Waals surface area (Å²) in [6.07, 6.45) is 8.60. The first-order valence-corrected chi connectivity index (χ1v) is 9.32. The van der Waals surface area contributed by atoms with Crippen LogP contribution in [0.3, 0.4) is 0 Å². The normalized spacial score (nSPS) is 11.3. The van der Waals surface area contributed by atoms with Crippen molar-refractivity contribution in [2.75, 3.05) is 13.7 Å². The number of fused-ring (bicyclic) bond motifs is 1. The summed E-state index contributed by atoms with van der Waals surface area (Å²) in [5.41, 5.74) is 9.53. The molecule has 134 valence electrons. The van der Waals surface area contributed by atoms with Gasteiger partial charge in [-0.3, -0.25) is 0 Å². The number of ether oxygens (including phenoxy) is 1. The number of rotatable bonds is 8. The first-order chi connectivity index (χ1) is 12.8. The maximum atomic E-state index is 5.61. The molecule has 0 saturated carbocycles. The van der Waals surface area contributed by atoms with E-state index in [9.17, 15) is 0 Å². The Labute approximate surface area is 156 Å². The SMILES string of the molecule is COc1ccc2ccccc2c1/C=C/CCc1cccc(CCCN)c1. The molecular weight excluding hydrogens is 318 g/mol. The van der Waals surface area contributed by atoms with Crippen molar-refractivity contribution in [3.63, 3.8) is 0 Å². The average molecular weight is 345 g/mol. The van der Waals surface area contributed by atoms with Crippen molar-refractivity contribution in [1.29, 1.82) is 0 Å². The lowest BCUT2D eigenvalue weighted by atomic mass is 10.0. The van der Waals surface area contributed by atoms with Crippen LogP contribution in [0.25, 0.3) is 16.8 Å². The van der Waals surface area contributed by atoms with Gasteiger partial charge in [0.05, 0.1) is 7.11 Å². The molecule has 2 heteroatoms. The molecule has 0 aliphatic carbocycles. The molecule has 0 spiro atoms. The fourth-order valence-corrected chi connectivity index (χ4v) is 3.32. The third-order valence-corrected chi connectivity index (χ3v) is 4.70. The van der Waals surface area contributed by atoms with Crippen molar-refractivity contribution in [2.45, 2.75) is 25.7 Å². The van der Waals surface area contributed by atoms with Gasteiger partial charge in [-0.1, -0.05) is 66.7 Å². The molecule has 0 amide bonds. The van der Waals surface area contributed by atoms with E-state index in [-0.39, 0.29) is 0 Å². The van der Waals surface area contributed by atoms with Crippen molar-refractivity contribution in [3.8, 4) is 5.75 Å². The highest BCUT2D eigenvalue weighted by atomic mass is 16.5. The van der Waals surface area contributed by atoms with Crippen molar-refractivity contribution in [2.24, 2.45) is 5.73 Å². The van der Waals surface area contributed by atoms with Crippen molar-refractivity contribution >= 4 is 16.8 Å². The lowest BCUT2D eigenvalue weighted by molar-refractivity contribution is 0.414. The zero-order valence-corrected chi connectivity index (χ0v) is 15.4. The van der Waals surface area contributed by atoms with Crippen molar-refractivity contribution < 1.29 is 4.74 Å². The Balaban J connectivity index is 1.70. The number of hydrogen-bond acceptors (Lipinski definition) is 2. The zero-order chi connectivity index (χ0) is 18.2. The van der Waals surface area contributed by atoms with E-state index in [1.807, 2.05) is 6.07 Å². The fraction of sp³-hybridized carbons (Fsp3) is 0.250. The average Bonchev–Trinajstić information content (AvgIpc) is 2.69. The Hall–Kier alpha value is -2.58. The second-order valence-corrected chi connectivity index (χ2v) is 6.56. The molecular formula is C24H27NO. The van der Waals surface area contributed by atoms with Gasteiger partial charge < -0.3 is 10.5 Å². The van der Waals surface area contributed by atoms with Gasteiger partial charge in [-0.2, -0.15) is 0 Å². The second kappa shape index (κ2) is 9.21. The highest BCUT2D eigenvalue weighted by Gasteiger charge is 2.04. The van der Waals surface area contributed by atoms with Crippen LogP contribution in [0.15, 0.2) is 66.7 Å². The van der Waals surface area contributed by atoms with Gasteiger partial charge in [0, 0.05) is 5.56 Å². The Morgan fingerprint density at radius 1 is 0.923 bits per heavy atom. The van der Waals surface area contributed by atoms with Crippen LogP contribution >= 0.6 is 0 Å². The van der Waals surface area contributed by atoms with Gasteiger partial charge in [-0.05, 0) is 60.2 Å². The van der Waals surface area contributed by atoms with Crippen LogP contribution in [-0.4, -0.2) is 13.7 Å². The summed E-state index contributed by atoms with van der Waals surface area (Å²) in [6, 6.07) is 21.4. The Morgan fingerprint density at radius 2 is 1.73 bits per heavy atom. The van der Waals surface area contributed by atoms with E-state index in [2.05, 4.69) is 66.7 Å².